The summed E-state index contributed by atoms with van der Waals surface area (Å²) < 4.78 is 5.28. The molecule has 0 bridgehead atoms. The number of nitrogens with one attached hydrogen (secondary N) is 2. The van der Waals surface area contributed by atoms with Crippen molar-refractivity contribution < 1.29 is 14.3 Å². The van der Waals surface area contributed by atoms with Crippen LogP contribution in [0.25, 0.3) is 0 Å². The van der Waals surface area contributed by atoms with Crippen molar-refractivity contribution in [2.75, 3.05) is 13.2 Å². The second-order valence-electron chi connectivity index (χ2n) is 5.08. The van der Waals surface area contributed by atoms with Crippen molar-refractivity contribution in [3.8, 4) is 5.75 Å². The lowest BCUT2D eigenvalue weighted by molar-refractivity contribution is -0.127. The lowest BCUT2D eigenvalue weighted by Crippen LogP contribution is -2.37. The van der Waals surface area contributed by atoms with E-state index in [0.717, 1.165) is 11.1 Å². The average Bonchev–Trinajstić information content (AvgIpc) is 2.61. The van der Waals surface area contributed by atoms with Gasteiger partial charge < -0.3 is 10.1 Å². The standard InChI is InChI=1S/C18H19N3O3/c1-14-7-9-15(10-8-14)11-20-21-17(22)12-19-18(23)13-24-16-5-3-2-4-6-16/h2-11H,12-13H2,1H3,(H,19,23)(H,21,22)/b20-11-. The number of hydrogen-bond acceptors (Lipinski definition) is 4. The predicted octanol–water partition coefficient (Wildman–Crippen LogP) is 1.64. The first-order valence-electron chi connectivity index (χ1n) is 7.46. The van der Waals surface area contributed by atoms with E-state index in [9.17, 15) is 9.59 Å². The summed E-state index contributed by atoms with van der Waals surface area (Å²) in [5, 5.41) is 6.29. The number of rotatable bonds is 7. The quantitative estimate of drug-likeness (QED) is 0.600. The van der Waals surface area contributed by atoms with Crippen molar-refractivity contribution in [2.24, 2.45) is 5.10 Å². The fourth-order valence-corrected chi connectivity index (χ4v) is 1.77. The molecule has 24 heavy (non-hydrogen) atoms. The van der Waals surface area contributed by atoms with Gasteiger partial charge in [-0.3, -0.25) is 9.59 Å². The molecule has 2 rings (SSSR count). The molecule has 0 spiro atoms. The van der Waals surface area contributed by atoms with Crippen LogP contribution < -0.4 is 15.5 Å². The lowest BCUT2D eigenvalue weighted by Gasteiger charge is -2.06. The van der Waals surface area contributed by atoms with Gasteiger partial charge >= 0.3 is 0 Å². The van der Waals surface area contributed by atoms with E-state index in [1.165, 1.54) is 6.21 Å². The highest BCUT2D eigenvalue weighted by Crippen LogP contribution is 2.07. The molecule has 0 radical (unpaired) electrons. The Balaban J connectivity index is 1.65. The van der Waals surface area contributed by atoms with Crippen molar-refractivity contribution in [1.82, 2.24) is 10.7 Å². The predicted molar refractivity (Wildman–Crippen MR) is 91.9 cm³/mol. The van der Waals surface area contributed by atoms with Gasteiger partial charge in [-0.2, -0.15) is 5.10 Å². The second kappa shape index (κ2) is 9.09. The summed E-state index contributed by atoms with van der Waals surface area (Å²) in [5.74, 6) is -0.192. The summed E-state index contributed by atoms with van der Waals surface area (Å²) in [4.78, 5) is 23.2. The molecule has 2 aromatic carbocycles. The number of hydrazone groups is 1. The number of carbonyl (C=O) groups excluding carboxylic acids is 2. The summed E-state index contributed by atoms with van der Waals surface area (Å²) in [7, 11) is 0. The zero-order valence-electron chi connectivity index (χ0n) is 13.4. The summed E-state index contributed by atoms with van der Waals surface area (Å²) in [6, 6.07) is 16.7. The number of para-hydroxylation sites is 1. The van der Waals surface area contributed by atoms with Crippen LogP contribution in [-0.4, -0.2) is 31.2 Å². The molecule has 124 valence electrons. The zero-order valence-corrected chi connectivity index (χ0v) is 13.4. The fraction of sp³-hybridized carbons (Fsp3) is 0.167. The Labute approximate surface area is 140 Å². The van der Waals surface area contributed by atoms with Gasteiger partial charge in [0.25, 0.3) is 11.8 Å². The Bertz CT molecular complexity index is 697. The molecule has 0 fully saturated rings. The van der Waals surface area contributed by atoms with Gasteiger partial charge in [-0.05, 0) is 24.6 Å². The minimum absolute atomic E-state index is 0.149. The third-order valence-electron chi connectivity index (χ3n) is 3.04. The van der Waals surface area contributed by atoms with E-state index in [-0.39, 0.29) is 19.1 Å². The van der Waals surface area contributed by atoms with Crippen LogP contribution in [0.1, 0.15) is 11.1 Å². The highest BCUT2D eigenvalue weighted by atomic mass is 16.5. The van der Waals surface area contributed by atoms with Gasteiger partial charge in [0.15, 0.2) is 6.61 Å². The molecule has 6 heteroatoms. The van der Waals surface area contributed by atoms with Crippen LogP contribution in [0.2, 0.25) is 0 Å². The van der Waals surface area contributed by atoms with Crippen molar-refractivity contribution >= 4 is 18.0 Å². The SMILES string of the molecule is Cc1ccc(/C=N\NC(=O)CNC(=O)COc2ccccc2)cc1. The van der Waals surface area contributed by atoms with E-state index in [1.807, 2.05) is 49.4 Å². The van der Waals surface area contributed by atoms with Crippen molar-refractivity contribution in [1.29, 1.82) is 0 Å². The van der Waals surface area contributed by atoms with Gasteiger partial charge in [0.05, 0.1) is 12.8 Å². The van der Waals surface area contributed by atoms with Gasteiger partial charge in [0.2, 0.25) is 0 Å². The summed E-state index contributed by atoms with van der Waals surface area (Å²) in [6.45, 7) is 1.68. The molecule has 0 atom stereocenters. The topological polar surface area (TPSA) is 79.8 Å². The van der Waals surface area contributed by atoms with Crippen LogP contribution in [0.4, 0.5) is 0 Å². The van der Waals surface area contributed by atoms with Crippen LogP contribution in [0, 0.1) is 6.92 Å². The highest BCUT2D eigenvalue weighted by molar-refractivity contribution is 5.86. The molecule has 0 unspecified atom stereocenters. The third-order valence-corrected chi connectivity index (χ3v) is 3.04. The largest absolute Gasteiger partial charge is 0.484 e. The molecule has 0 saturated heterocycles. The minimum atomic E-state index is -0.411. The molecule has 0 saturated carbocycles. The van der Waals surface area contributed by atoms with Crippen LogP contribution in [-0.2, 0) is 9.59 Å². The van der Waals surface area contributed by atoms with Gasteiger partial charge in [-0.1, -0.05) is 48.0 Å². The number of benzene rings is 2. The maximum absolute atomic E-state index is 11.6. The molecule has 6 nitrogen and oxygen atoms in total. The molecule has 0 aliphatic rings. The monoisotopic (exact) mass is 325 g/mol. The van der Waals surface area contributed by atoms with Crippen LogP contribution in [0.5, 0.6) is 5.75 Å². The van der Waals surface area contributed by atoms with E-state index in [0.29, 0.717) is 5.75 Å². The van der Waals surface area contributed by atoms with Crippen LogP contribution in [0.3, 0.4) is 0 Å². The molecule has 2 amide bonds. The highest BCUT2D eigenvalue weighted by Gasteiger charge is 2.05. The van der Waals surface area contributed by atoms with E-state index in [2.05, 4.69) is 15.8 Å². The molecule has 0 aliphatic heterocycles. The van der Waals surface area contributed by atoms with Crippen molar-refractivity contribution in [2.45, 2.75) is 6.92 Å². The van der Waals surface area contributed by atoms with Gasteiger partial charge in [0, 0.05) is 0 Å². The number of carbonyl (C=O) groups is 2. The van der Waals surface area contributed by atoms with Gasteiger partial charge in [-0.15, -0.1) is 0 Å². The van der Waals surface area contributed by atoms with Crippen molar-refractivity contribution in [3.63, 3.8) is 0 Å². The Morgan fingerprint density at radius 3 is 2.46 bits per heavy atom. The second-order valence-corrected chi connectivity index (χ2v) is 5.08. The van der Waals surface area contributed by atoms with E-state index >= 15 is 0 Å². The molecule has 2 N–H and O–H groups in total. The summed E-state index contributed by atoms with van der Waals surface area (Å²) >= 11 is 0. The Hall–Kier alpha value is -3.15. The number of nitrogens with zero attached hydrogens (tertiary/aromatic N) is 1. The first-order chi connectivity index (χ1) is 11.6. The van der Waals surface area contributed by atoms with E-state index < -0.39 is 5.91 Å². The van der Waals surface area contributed by atoms with E-state index in [4.69, 9.17) is 4.74 Å². The fourth-order valence-electron chi connectivity index (χ4n) is 1.77. The molecular weight excluding hydrogens is 306 g/mol. The molecule has 2 aromatic rings. The first-order valence-corrected chi connectivity index (χ1v) is 7.46. The minimum Gasteiger partial charge on any atom is -0.484 e. The first kappa shape index (κ1) is 17.2. The summed E-state index contributed by atoms with van der Waals surface area (Å²) in [5.41, 5.74) is 4.38. The molecule has 0 aromatic heterocycles. The molecular formula is C18H19N3O3. The van der Waals surface area contributed by atoms with Crippen LogP contribution in [0.15, 0.2) is 59.7 Å². The number of aryl methyl sites for hydroxylation is 1. The number of hydrogen-bond donors (Lipinski definition) is 2. The smallest absolute Gasteiger partial charge is 0.259 e. The number of ether oxygens (including phenoxy) is 1. The Morgan fingerprint density at radius 1 is 1.04 bits per heavy atom. The third kappa shape index (κ3) is 6.31. The average molecular weight is 325 g/mol. The van der Waals surface area contributed by atoms with Crippen LogP contribution >= 0.6 is 0 Å². The summed E-state index contributed by atoms with van der Waals surface area (Å²) in [6.07, 6.45) is 1.54. The maximum atomic E-state index is 11.6. The lowest BCUT2D eigenvalue weighted by atomic mass is 10.2. The number of amides is 2. The van der Waals surface area contributed by atoms with Gasteiger partial charge in [0.1, 0.15) is 5.75 Å². The Morgan fingerprint density at radius 2 is 1.75 bits per heavy atom. The Kier molecular flexibility index (Phi) is 6.52. The zero-order chi connectivity index (χ0) is 17.2. The maximum Gasteiger partial charge on any atom is 0.259 e. The molecule has 0 heterocycles. The van der Waals surface area contributed by atoms with Crippen molar-refractivity contribution in [3.05, 3.63) is 65.7 Å². The normalized spacial score (nSPS) is 10.4. The van der Waals surface area contributed by atoms with Gasteiger partial charge in [-0.25, -0.2) is 5.43 Å². The van der Waals surface area contributed by atoms with E-state index in [1.54, 1.807) is 12.1 Å². The molecule has 0 aliphatic carbocycles.